The standard InChI is InChI=1S/C19H23NO3/c1-13-6-4-7-15(10-13)14(2)12-20-19(22)18(21)16-8-5-9-17(11-16)23-3/h4-11,14,18,21H,12H2,1-3H3,(H,20,22). The molecule has 0 saturated carbocycles. The third kappa shape index (κ3) is 4.57. The van der Waals surface area contributed by atoms with Crippen LogP contribution in [0, 0.1) is 6.92 Å². The van der Waals surface area contributed by atoms with E-state index in [0.717, 1.165) is 0 Å². The van der Waals surface area contributed by atoms with Crippen molar-refractivity contribution in [3.8, 4) is 5.75 Å². The number of hydrogen-bond donors (Lipinski definition) is 2. The van der Waals surface area contributed by atoms with Crippen molar-refractivity contribution in [2.75, 3.05) is 13.7 Å². The van der Waals surface area contributed by atoms with Crippen LogP contribution >= 0.6 is 0 Å². The van der Waals surface area contributed by atoms with Gasteiger partial charge >= 0.3 is 0 Å². The van der Waals surface area contributed by atoms with Crippen molar-refractivity contribution in [2.45, 2.75) is 25.9 Å². The lowest BCUT2D eigenvalue weighted by atomic mass is 9.99. The third-order valence-corrected chi connectivity index (χ3v) is 3.85. The van der Waals surface area contributed by atoms with Gasteiger partial charge in [-0.15, -0.1) is 0 Å². The van der Waals surface area contributed by atoms with Crippen molar-refractivity contribution in [1.82, 2.24) is 5.32 Å². The summed E-state index contributed by atoms with van der Waals surface area (Å²) in [5.41, 5.74) is 2.88. The summed E-state index contributed by atoms with van der Waals surface area (Å²) in [6.45, 7) is 4.57. The molecular weight excluding hydrogens is 290 g/mol. The van der Waals surface area contributed by atoms with Crippen molar-refractivity contribution >= 4 is 5.91 Å². The highest BCUT2D eigenvalue weighted by molar-refractivity contribution is 5.82. The van der Waals surface area contributed by atoms with Gasteiger partial charge in [0.2, 0.25) is 0 Å². The number of ether oxygens (including phenoxy) is 1. The highest BCUT2D eigenvalue weighted by Gasteiger charge is 2.18. The number of carbonyl (C=O) groups is 1. The van der Waals surface area contributed by atoms with Crippen LogP contribution in [0.1, 0.15) is 35.6 Å². The summed E-state index contributed by atoms with van der Waals surface area (Å²) < 4.78 is 5.11. The minimum absolute atomic E-state index is 0.177. The number of amides is 1. The summed E-state index contributed by atoms with van der Waals surface area (Å²) in [4.78, 5) is 12.1. The minimum atomic E-state index is -1.20. The zero-order valence-corrected chi connectivity index (χ0v) is 13.7. The van der Waals surface area contributed by atoms with Crippen LogP contribution in [0.15, 0.2) is 48.5 Å². The van der Waals surface area contributed by atoms with Crippen LogP contribution in [0.3, 0.4) is 0 Å². The second kappa shape index (κ2) is 7.79. The third-order valence-electron chi connectivity index (χ3n) is 3.85. The number of carbonyl (C=O) groups excluding carboxylic acids is 1. The predicted octanol–water partition coefficient (Wildman–Crippen LogP) is 2.96. The zero-order chi connectivity index (χ0) is 16.8. The van der Waals surface area contributed by atoms with Gasteiger partial charge < -0.3 is 15.2 Å². The summed E-state index contributed by atoms with van der Waals surface area (Å²) in [6.07, 6.45) is -1.20. The zero-order valence-electron chi connectivity index (χ0n) is 13.7. The van der Waals surface area contributed by atoms with Gasteiger partial charge in [-0.2, -0.15) is 0 Å². The molecule has 0 spiro atoms. The van der Waals surface area contributed by atoms with E-state index in [1.807, 2.05) is 32.0 Å². The summed E-state index contributed by atoms with van der Waals surface area (Å²) in [6, 6.07) is 15.1. The number of nitrogens with one attached hydrogen (secondary N) is 1. The summed E-state index contributed by atoms with van der Waals surface area (Å²) in [7, 11) is 1.55. The number of aryl methyl sites for hydroxylation is 1. The first-order chi connectivity index (χ1) is 11.0. The first kappa shape index (κ1) is 17.0. The number of benzene rings is 2. The Morgan fingerprint density at radius 1 is 1.17 bits per heavy atom. The van der Waals surface area contributed by atoms with Gasteiger partial charge in [0, 0.05) is 6.54 Å². The highest BCUT2D eigenvalue weighted by atomic mass is 16.5. The fraction of sp³-hybridized carbons (Fsp3) is 0.316. The lowest BCUT2D eigenvalue weighted by Crippen LogP contribution is -2.32. The molecule has 0 fully saturated rings. The number of aliphatic hydroxyl groups is 1. The lowest BCUT2D eigenvalue weighted by Gasteiger charge is -2.16. The average molecular weight is 313 g/mol. The van der Waals surface area contributed by atoms with Crippen LogP contribution in [-0.4, -0.2) is 24.7 Å². The molecule has 0 bridgehead atoms. The Hall–Kier alpha value is -2.33. The molecule has 0 aliphatic heterocycles. The topological polar surface area (TPSA) is 58.6 Å². The molecule has 2 atom stereocenters. The second-order valence-corrected chi connectivity index (χ2v) is 5.74. The molecular formula is C19H23NO3. The molecule has 4 heteroatoms. The Labute approximate surface area is 137 Å². The molecule has 2 rings (SSSR count). The first-order valence-corrected chi connectivity index (χ1v) is 7.67. The molecule has 2 N–H and O–H groups in total. The predicted molar refractivity (Wildman–Crippen MR) is 90.6 cm³/mol. The van der Waals surface area contributed by atoms with E-state index in [1.54, 1.807) is 31.4 Å². The van der Waals surface area contributed by atoms with Crippen molar-refractivity contribution in [3.63, 3.8) is 0 Å². The molecule has 0 radical (unpaired) electrons. The first-order valence-electron chi connectivity index (χ1n) is 7.67. The molecule has 0 aliphatic rings. The average Bonchev–Trinajstić information content (AvgIpc) is 2.58. The minimum Gasteiger partial charge on any atom is -0.497 e. The molecule has 122 valence electrons. The van der Waals surface area contributed by atoms with E-state index < -0.39 is 12.0 Å². The van der Waals surface area contributed by atoms with Gasteiger partial charge in [0.1, 0.15) is 5.75 Å². The lowest BCUT2D eigenvalue weighted by molar-refractivity contribution is -0.129. The number of aliphatic hydroxyl groups excluding tert-OH is 1. The van der Waals surface area contributed by atoms with Crippen molar-refractivity contribution in [1.29, 1.82) is 0 Å². The van der Waals surface area contributed by atoms with Gasteiger partial charge in [-0.05, 0) is 36.1 Å². The maximum absolute atomic E-state index is 12.1. The molecule has 2 aromatic carbocycles. The SMILES string of the molecule is COc1cccc(C(O)C(=O)NCC(C)c2cccc(C)c2)c1. The summed E-state index contributed by atoms with van der Waals surface area (Å²) in [5, 5.41) is 13.0. The Morgan fingerprint density at radius 2 is 1.87 bits per heavy atom. The maximum Gasteiger partial charge on any atom is 0.253 e. The molecule has 0 heterocycles. The van der Waals surface area contributed by atoms with E-state index in [1.165, 1.54) is 11.1 Å². The van der Waals surface area contributed by atoms with Crippen molar-refractivity contribution in [3.05, 3.63) is 65.2 Å². The fourth-order valence-electron chi connectivity index (χ4n) is 2.41. The van der Waals surface area contributed by atoms with Gasteiger partial charge in [-0.1, -0.05) is 48.9 Å². The molecule has 23 heavy (non-hydrogen) atoms. The van der Waals surface area contributed by atoms with E-state index in [-0.39, 0.29) is 5.92 Å². The highest BCUT2D eigenvalue weighted by Crippen LogP contribution is 2.20. The van der Waals surface area contributed by atoms with E-state index in [4.69, 9.17) is 4.74 Å². The Morgan fingerprint density at radius 3 is 2.57 bits per heavy atom. The number of methoxy groups -OCH3 is 1. The largest absolute Gasteiger partial charge is 0.497 e. The molecule has 2 unspecified atom stereocenters. The van der Waals surface area contributed by atoms with Gasteiger partial charge in [-0.25, -0.2) is 0 Å². The van der Waals surface area contributed by atoms with Gasteiger partial charge in [0.25, 0.3) is 5.91 Å². The van der Waals surface area contributed by atoms with E-state index in [9.17, 15) is 9.90 Å². The molecule has 2 aromatic rings. The van der Waals surface area contributed by atoms with Crippen LogP contribution in [-0.2, 0) is 4.79 Å². The summed E-state index contributed by atoms with van der Waals surface area (Å²) in [5.74, 6) is 0.386. The Balaban J connectivity index is 1.95. The quantitative estimate of drug-likeness (QED) is 0.862. The Kier molecular flexibility index (Phi) is 5.77. The smallest absolute Gasteiger partial charge is 0.253 e. The van der Waals surface area contributed by atoms with Crippen LogP contribution in [0.25, 0.3) is 0 Å². The number of rotatable bonds is 6. The fourth-order valence-corrected chi connectivity index (χ4v) is 2.41. The van der Waals surface area contributed by atoms with Crippen molar-refractivity contribution < 1.29 is 14.6 Å². The summed E-state index contributed by atoms with van der Waals surface area (Å²) >= 11 is 0. The second-order valence-electron chi connectivity index (χ2n) is 5.74. The van der Waals surface area contributed by atoms with Gasteiger partial charge in [0.15, 0.2) is 6.10 Å². The van der Waals surface area contributed by atoms with Gasteiger partial charge in [0.05, 0.1) is 7.11 Å². The normalized spacial score (nSPS) is 13.2. The van der Waals surface area contributed by atoms with Gasteiger partial charge in [-0.3, -0.25) is 4.79 Å². The van der Waals surface area contributed by atoms with Crippen LogP contribution in [0.2, 0.25) is 0 Å². The molecule has 4 nitrogen and oxygen atoms in total. The van der Waals surface area contributed by atoms with Crippen LogP contribution in [0.4, 0.5) is 0 Å². The van der Waals surface area contributed by atoms with E-state index in [0.29, 0.717) is 17.9 Å². The van der Waals surface area contributed by atoms with E-state index >= 15 is 0 Å². The van der Waals surface area contributed by atoms with Crippen LogP contribution in [0.5, 0.6) is 5.75 Å². The van der Waals surface area contributed by atoms with E-state index in [2.05, 4.69) is 11.4 Å². The van der Waals surface area contributed by atoms with Crippen molar-refractivity contribution in [2.24, 2.45) is 0 Å². The van der Waals surface area contributed by atoms with Crippen LogP contribution < -0.4 is 10.1 Å². The maximum atomic E-state index is 12.1. The molecule has 1 amide bonds. The molecule has 0 aliphatic carbocycles. The Bertz CT molecular complexity index is 669. The number of hydrogen-bond acceptors (Lipinski definition) is 3. The monoisotopic (exact) mass is 313 g/mol. The molecule has 0 aromatic heterocycles. The molecule has 0 saturated heterocycles.